The number of nitriles is 1. The molecule has 0 aliphatic carbocycles. The number of rotatable bonds is 3. The van der Waals surface area contributed by atoms with E-state index in [0.29, 0.717) is 11.4 Å². The van der Waals surface area contributed by atoms with E-state index in [9.17, 15) is 4.79 Å². The van der Waals surface area contributed by atoms with Crippen molar-refractivity contribution in [3.63, 3.8) is 0 Å². The summed E-state index contributed by atoms with van der Waals surface area (Å²) in [4.78, 5) is 14.1. The molecule has 0 saturated carbocycles. The van der Waals surface area contributed by atoms with Crippen LogP contribution in [-0.2, 0) is 4.79 Å². The second-order valence-electron chi connectivity index (χ2n) is 2.56. The molecule has 14 heavy (non-hydrogen) atoms. The van der Waals surface area contributed by atoms with Crippen LogP contribution in [0, 0.1) is 11.3 Å². The average molecular weight is 188 g/mol. The summed E-state index contributed by atoms with van der Waals surface area (Å²) in [7, 11) is 0. The predicted octanol–water partition coefficient (Wildman–Crippen LogP) is 1.44. The lowest BCUT2D eigenvalue weighted by Crippen LogP contribution is -1.90. The molecule has 0 spiro atoms. The van der Waals surface area contributed by atoms with Crippen LogP contribution in [0.5, 0.6) is 0 Å². The van der Waals surface area contributed by atoms with Gasteiger partial charge in [0, 0.05) is 0 Å². The van der Waals surface area contributed by atoms with Crippen molar-refractivity contribution in [2.24, 2.45) is 0 Å². The summed E-state index contributed by atoms with van der Waals surface area (Å²) in [5.41, 5.74) is 0.910. The molecule has 1 aromatic rings. The minimum Gasteiger partial charge on any atom is -0.481 e. The third kappa shape index (κ3) is 3.07. The minimum absolute atomic E-state index is 0.0432. The average Bonchev–Trinajstić information content (AvgIpc) is 2.18. The Hall–Kier alpha value is -2.15. The van der Waals surface area contributed by atoms with Crippen LogP contribution in [0.1, 0.15) is 17.8 Å². The summed E-state index contributed by atoms with van der Waals surface area (Å²) >= 11 is 0. The van der Waals surface area contributed by atoms with E-state index in [1.54, 1.807) is 24.3 Å². The van der Waals surface area contributed by atoms with Gasteiger partial charge in [0.2, 0.25) is 0 Å². The quantitative estimate of drug-likeness (QED) is 0.778. The van der Waals surface area contributed by atoms with Gasteiger partial charge in [-0.25, -0.2) is 4.98 Å². The number of pyridine rings is 1. The SMILES string of the molecule is N#Cc1cccc(C=CCC(=O)O)n1. The van der Waals surface area contributed by atoms with Gasteiger partial charge < -0.3 is 5.11 Å². The highest BCUT2D eigenvalue weighted by Crippen LogP contribution is 2.01. The fourth-order valence-corrected chi connectivity index (χ4v) is 0.887. The molecule has 0 unspecified atom stereocenters. The van der Waals surface area contributed by atoms with Crippen LogP contribution in [0.15, 0.2) is 24.3 Å². The molecule has 0 aliphatic heterocycles. The van der Waals surface area contributed by atoms with Crippen LogP contribution in [0.4, 0.5) is 0 Å². The highest BCUT2D eigenvalue weighted by Gasteiger charge is 1.93. The van der Waals surface area contributed by atoms with E-state index in [0.717, 1.165) is 0 Å². The van der Waals surface area contributed by atoms with Gasteiger partial charge in [0.25, 0.3) is 0 Å². The van der Waals surface area contributed by atoms with Gasteiger partial charge >= 0.3 is 5.97 Å². The number of aromatic nitrogens is 1. The van der Waals surface area contributed by atoms with Crippen molar-refractivity contribution in [3.8, 4) is 6.07 Å². The molecular weight excluding hydrogens is 180 g/mol. The molecule has 1 heterocycles. The van der Waals surface area contributed by atoms with Gasteiger partial charge in [0.05, 0.1) is 12.1 Å². The van der Waals surface area contributed by atoms with Gasteiger partial charge in [-0.15, -0.1) is 0 Å². The number of carboxylic acids is 1. The fourth-order valence-electron chi connectivity index (χ4n) is 0.887. The van der Waals surface area contributed by atoms with Crippen LogP contribution in [0.3, 0.4) is 0 Å². The standard InChI is InChI=1S/C10H8N2O2/c11-7-9-5-1-3-8(12-9)4-2-6-10(13)14/h1-5H,6H2,(H,13,14). The Labute approximate surface area is 81.1 Å². The summed E-state index contributed by atoms with van der Waals surface area (Å²) in [5.74, 6) is -0.891. The zero-order valence-electron chi connectivity index (χ0n) is 7.34. The van der Waals surface area contributed by atoms with E-state index in [4.69, 9.17) is 10.4 Å². The Kier molecular flexibility index (Phi) is 3.39. The topological polar surface area (TPSA) is 74.0 Å². The zero-order valence-corrected chi connectivity index (χ0v) is 7.34. The van der Waals surface area contributed by atoms with Crippen molar-refractivity contribution in [3.05, 3.63) is 35.7 Å². The molecule has 0 saturated heterocycles. The minimum atomic E-state index is -0.891. The van der Waals surface area contributed by atoms with Crippen molar-refractivity contribution in [1.82, 2.24) is 4.98 Å². The maximum absolute atomic E-state index is 10.2. The molecule has 70 valence electrons. The third-order valence-electron chi connectivity index (χ3n) is 1.47. The molecule has 1 rings (SSSR count). The van der Waals surface area contributed by atoms with E-state index in [2.05, 4.69) is 4.98 Å². The lowest BCUT2D eigenvalue weighted by atomic mass is 10.2. The lowest BCUT2D eigenvalue weighted by Gasteiger charge is -1.91. The Morgan fingerprint density at radius 1 is 1.64 bits per heavy atom. The monoisotopic (exact) mass is 188 g/mol. The molecule has 1 N–H and O–H groups in total. The van der Waals surface area contributed by atoms with E-state index in [-0.39, 0.29) is 6.42 Å². The van der Waals surface area contributed by atoms with Crippen LogP contribution >= 0.6 is 0 Å². The Balaban J connectivity index is 2.72. The smallest absolute Gasteiger partial charge is 0.307 e. The maximum atomic E-state index is 10.2. The summed E-state index contributed by atoms with van der Waals surface area (Å²) in [6.45, 7) is 0. The maximum Gasteiger partial charge on any atom is 0.307 e. The van der Waals surface area contributed by atoms with Crippen molar-refractivity contribution in [2.45, 2.75) is 6.42 Å². The van der Waals surface area contributed by atoms with Crippen molar-refractivity contribution in [1.29, 1.82) is 5.26 Å². The van der Waals surface area contributed by atoms with E-state index >= 15 is 0 Å². The highest BCUT2D eigenvalue weighted by molar-refractivity contribution is 5.70. The summed E-state index contributed by atoms with van der Waals surface area (Å²) < 4.78 is 0. The van der Waals surface area contributed by atoms with Crippen LogP contribution in [-0.4, -0.2) is 16.1 Å². The predicted molar refractivity (Wildman–Crippen MR) is 50.2 cm³/mol. The number of hydrogen-bond donors (Lipinski definition) is 1. The molecule has 4 nitrogen and oxygen atoms in total. The number of hydrogen-bond acceptors (Lipinski definition) is 3. The summed E-state index contributed by atoms with van der Waals surface area (Å²) in [6.07, 6.45) is 3.03. The first-order valence-electron chi connectivity index (χ1n) is 3.98. The van der Waals surface area contributed by atoms with Gasteiger partial charge in [-0.2, -0.15) is 5.26 Å². The molecule has 4 heteroatoms. The Bertz CT molecular complexity index is 405. The molecule has 0 aromatic carbocycles. The Morgan fingerprint density at radius 2 is 2.43 bits per heavy atom. The molecule has 0 aliphatic rings. The largest absolute Gasteiger partial charge is 0.481 e. The normalized spacial score (nSPS) is 9.93. The molecule has 0 radical (unpaired) electrons. The van der Waals surface area contributed by atoms with Gasteiger partial charge in [0.15, 0.2) is 0 Å². The number of aliphatic carboxylic acids is 1. The van der Waals surface area contributed by atoms with Crippen molar-refractivity contribution in [2.75, 3.05) is 0 Å². The highest BCUT2D eigenvalue weighted by atomic mass is 16.4. The Morgan fingerprint density at radius 3 is 3.07 bits per heavy atom. The van der Waals surface area contributed by atoms with E-state index in [1.165, 1.54) is 6.08 Å². The second kappa shape index (κ2) is 4.77. The first kappa shape index (κ1) is 9.93. The number of carbonyl (C=O) groups is 1. The lowest BCUT2D eigenvalue weighted by molar-refractivity contribution is -0.135. The van der Waals surface area contributed by atoms with Gasteiger partial charge in [0.1, 0.15) is 11.8 Å². The first-order valence-corrected chi connectivity index (χ1v) is 3.98. The van der Waals surface area contributed by atoms with E-state index in [1.807, 2.05) is 6.07 Å². The van der Waals surface area contributed by atoms with Crippen LogP contribution < -0.4 is 0 Å². The molecule has 0 bridgehead atoms. The van der Waals surface area contributed by atoms with Gasteiger partial charge in [-0.1, -0.05) is 12.1 Å². The van der Waals surface area contributed by atoms with Gasteiger partial charge in [-0.3, -0.25) is 4.79 Å². The van der Waals surface area contributed by atoms with Crippen LogP contribution in [0.2, 0.25) is 0 Å². The molecular formula is C10H8N2O2. The fraction of sp³-hybridized carbons (Fsp3) is 0.100. The number of carboxylic acid groups (broad SMARTS) is 1. The number of nitrogens with zero attached hydrogens (tertiary/aromatic N) is 2. The summed E-state index contributed by atoms with van der Waals surface area (Å²) in [6, 6.07) is 6.90. The molecule has 0 fully saturated rings. The molecule has 0 atom stereocenters. The zero-order chi connectivity index (χ0) is 10.4. The van der Waals surface area contributed by atoms with Gasteiger partial charge in [-0.05, 0) is 18.2 Å². The van der Waals surface area contributed by atoms with Crippen LogP contribution in [0.25, 0.3) is 6.08 Å². The molecule has 1 aromatic heterocycles. The first-order chi connectivity index (χ1) is 6.72. The van der Waals surface area contributed by atoms with Crippen molar-refractivity contribution < 1.29 is 9.90 Å². The van der Waals surface area contributed by atoms with E-state index < -0.39 is 5.97 Å². The second-order valence-corrected chi connectivity index (χ2v) is 2.56. The summed E-state index contributed by atoms with van der Waals surface area (Å²) in [5, 5.41) is 16.9. The third-order valence-corrected chi connectivity index (χ3v) is 1.47. The molecule has 0 amide bonds. The van der Waals surface area contributed by atoms with Crippen molar-refractivity contribution >= 4 is 12.0 Å².